The third kappa shape index (κ3) is 5.99. The van der Waals surface area contributed by atoms with Gasteiger partial charge in [0.05, 0.1) is 26.4 Å². The first kappa shape index (κ1) is 23.1. The Morgan fingerprint density at radius 1 is 0.833 bits per heavy atom. The molecular weight excluding hydrogens is 400 g/mol. The standard InChI is InChI=1S/C24H32O5S/c1-5-30-24-23(26-4)22(28-16-19-11-13-20(25-3)14-12-19)21(17(2)29-24)27-15-18-9-7-6-8-10-18/h6-14,17,21-24H,5,15-16H2,1-4H3/t17-,21-,22+,23+,24-/m0/s1. The molecule has 1 heterocycles. The van der Waals surface area contributed by atoms with Gasteiger partial charge in [-0.15, -0.1) is 11.8 Å². The molecule has 0 amide bonds. The largest absolute Gasteiger partial charge is 0.497 e. The summed E-state index contributed by atoms with van der Waals surface area (Å²) in [5, 5.41) is 0. The van der Waals surface area contributed by atoms with E-state index >= 15 is 0 Å². The maximum Gasteiger partial charge on any atom is 0.132 e. The van der Waals surface area contributed by atoms with Crippen LogP contribution < -0.4 is 4.74 Å². The second kappa shape index (κ2) is 11.7. The van der Waals surface area contributed by atoms with Crippen LogP contribution in [-0.4, -0.2) is 49.8 Å². The lowest BCUT2D eigenvalue weighted by Gasteiger charge is -2.44. The maximum atomic E-state index is 6.41. The van der Waals surface area contributed by atoms with Gasteiger partial charge in [-0.3, -0.25) is 0 Å². The molecule has 5 nitrogen and oxygen atoms in total. The number of hydrogen-bond acceptors (Lipinski definition) is 6. The van der Waals surface area contributed by atoms with Crippen LogP contribution in [0.2, 0.25) is 0 Å². The van der Waals surface area contributed by atoms with E-state index in [0.717, 1.165) is 22.6 Å². The van der Waals surface area contributed by atoms with Crippen molar-refractivity contribution < 1.29 is 23.7 Å². The molecule has 30 heavy (non-hydrogen) atoms. The van der Waals surface area contributed by atoms with Crippen LogP contribution >= 0.6 is 11.8 Å². The van der Waals surface area contributed by atoms with E-state index in [0.29, 0.717) is 13.2 Å². The van der Waals surface area contributed by atoms with E-state index in [2.05, 4.69) is 26.0 Å². The molecule has 0 aromatic heterocycles. The Kier molecular flexibility index (Phi) is 9.03. The van der Waals surface area contributed by atoms with E-state index in [1.165, 1.54) is 0 Å². The minimum atomic E-state index is -0.242. The fourth-order valence-corrected chi connectivity index (χ4v) is 4.66. The topological polar surface area (TPSA) is 46.2 Å². The van der Waals surface area contributed by atoms with Crippen molar-refractivity contribution in [2.75, 3.05) is 20.0 Å². The summed E-state index contributed by atoms with van der Waals surface area (Å²) in [4.78, 5) is 0. The fourth-order valence-electron chi connectivity index (χ4n) is 3.62. The molecule has 2 aromatic rings. The number of ether oxygens (including phenoxy) is 5. The molecular formula is C24H32O5S. The summed E-state index contributed by atoms with van der Waals surface area (Å²) in [7, 11) is 3.38. The van der Waals surface area contributed by atoms with Crippen LogP contribution in [0.25, 0.3) is 0 Å². The summed E-state index contributed by atoms with van der Waals surface area (Å²) in [6.07, 6.45) is -0.800. The molecule has 2 aromatic carbocycles. The van der Waals surface area contributed by atoms with E-state index in [4.69, 9.17) is 23.7 Å². The Morgan fingerprint density at radius 3 is 2.07 bits per heavy atom. The predicted octanol–water partition coefficient (Wildman–Crippen LogP) is 4.68. The highest BCUT2D eigenvalue weighted by Gasteiger charge is 2.46. The molecule has 1 saturated heterocycles. The van der Waals surface area contributed by atoms with Crippen LogP contribution in [0.5, 0.6) is 5.75 Å². The van der Waals surface area contributed by atoms with Crippen LogP contribution in [0, 0.1) is 0 Å². The normalized spacial score (nSPS) is 26.5. The smallest absolute Gasteiger partial charge is 0.132 e. The van der Waals surface area contributed by atoms with Crippen LogP contribution in [0.1, 0.15) is 25.0 Å². The first-order valence-electron chi connectivity index (χ1n) is 10.4. The summed E-state index contributed by atoms with van der Waals surface area (Å²) in [5.74, 6) is 1.77. The fraction of sp³-hybridized carbons (Fsp3) is 0.500. The van der Waals surface area contributed by atoms with E-state index in [9.17, 15) is 0 Å². The van der Waals surface area contributed by atoms with Crippen molar-refractivity contribution in [3.8, 4) is 5.75 Å². The van der Waals surface area contributed by atoms with Gasteiger partial charge in [0.25, 0.3) is 0 Å². The average molecular weight is 433 g/mol. The molecule has 0 radical (unpaired) electrons. The number of hydrogen-bond donors (Lipinski definition) is 0. The van der Waals surface area contributed by atoms with Crippen molar-refractivity contribution in [2.45, 2.75) is 56.9 Å². The highest BCUT2D eigenvalue weighted by atomic mass is 32.2. The molecule has 1 fully saturated rings. The Balaban J connectivity index is 1.74. The zero-order valence-corrected chi connectivity index (χ0v) is 19.0. The second-order valence-corrected chi connectivity index (χ2v) is 8.63. The molecule has 5 atom stereocenters. The Hall–Kier alpha value is -1.57. The van der Waals surface area contributed by atoms with E-state index in [1.807, 2.05) is 42.5 Å². The third-order valence-electron chi connectivity index (χ3n) is 5.22. The SMILES string of the molecule is CCS[C@@H]1O[C@@H](C)[C@H](OCc2ccccc2)[C@@H](OCc2ccc(OC)cc2)[C@H]1OC. The molecule has 1 aliphatic rings. The van der Waals surface area contributed by atoms with E-state index < -0.39 is 0 Å². The van der Waals surface area contributed by atoms with Crippen molar-refractivity contribution in [3.05, 3.63) is 65.7 Å². The van der Waals surface area contributed by atoms with Gasteiger partial charge in [0.2, 0.25) is 0 Å². The first-order chi connectivity index (χ1) is 14.7. The van der Waals surface area contributed by atoms with Crippen LogP contribution in [0.4, 0.5) is 0 Å². The highest BCUT2D eigenvalue weighted by molar-refractivity contribution is 7.99. The number of rotatable bonds is 10. The zero-order valence-electron chi connectivity index (χ0n) is 18.2. The molecule has 0 spiro atoms. The molecule has 6 heteroatoms. The molecule has 164 valence electrons. The van der Waals surface area contributed by atoms with Gasteiger partial charge in [0.15, 0.2) is 0 Å². The molecule has 0 saturated carbocycles. The first-order valence-corrected chi connectivity index (χ1v) is 11.4. The van der Waals surface area contributed by atoms with Gasteiger partial charge in [0.1, 0.15) is 29.5 Å². The predicted molar refractivity (Wildman–Crippen MR) is 120 cm³/mol. The second-order valence-electron chi connectivity index (χ2n) is 7.25. The number of thioether (sulfide) groups is 1. The summed E-state index contributed by atoms with van der Waals surface area (Å²) >= 11 is 1.74. The minimum absolute atomic E-state index is 0.0903. The quantitative estimate of drug-likeness (QED) is 0.543. The highest BCUT2D eigenvalue weighted by Crippen LogP contribution is 2.34. The lowest BCUT2D eigenvalue weighted by molar-refractivity contribution is -0.235. The van der Waals surface area contributed by atoms with Crippen LogP contribution in [0.3, 0.4) is 0 Å². The average Bonchev–Trinajstić information content (AvgIpc) is 2.78. The zero-order chi connectivity index (χ0) is 21.3. The molecule has 0 N–H and O–H groups in total. The summed E-state index contributed by atoms with van der Waals surface area (Å²) in [6.45, 7) is 5.14. The third-order valence-corrected chi connectivity index (χ3v) is 6.26. The summed E-state index contributed by atoms with van der Waals surface area (Å²) in [6, 6.07) is 18.1. The van der Waals surface area contributed by atoms with Crippen LogP contribution in [-0.2, 0) is 32.2 Å². The molecule has 0 aliphatic carbocycles. The van der Waals surface area contributed by atoms with Gasteiger partial charge in [-0.05, 0) is 35.9 Å². The summed E-state index contributed by atoms with van der Waals surface area (Å²) in [5.41, 5.74) is 2.11. The van der Waals surface area contributed by atoms with Crippen molar-refractivity contribution in [1.29, 1.82) is 0 Å². The van der Waals surface area contributed by atoms with E-state index in [1.54, 1.807) is 26.0 Å². The lowest BCUT2D eigenvalue weighted by Crippen LogP contribution is -2.58. The number of methoxy groups -OCH3 is 2. The van der Waals surface area contributed by atoms with Gasteiger partial charge >= 0.3 is 0 Å². The monoisotopic (exact) mass is 432 g/mol. The molecule has 0 unspecified atom stereocenters. The Labute approximate surface area is 184 Å². The maximum absolute atomic E-state index is 6.41. The van der Waals surface area contributed by atoms with Crippen molar-refractivity contribution >= 4 is 11.8 Å². The van der Waals surface area contributed by atoms with Crippen molar-refractivity contribution in [2.24, 2.45) is 0 Å². The Morgan fingerprint density at radius 2 is 1.47 bits per heavy atom. The van der Waals surface area contributed by atoms with Gasteiger partial charge in [-0.1, -0.05) is 49.4 Å². The van der Waals surface area contributed by atoms with Gasteiger partial charge in [-0.2, -0.15) is 0 Å². The number of benzene rings is 2. The van der Waals surface area contributed by atoms with Gasteiger partial charge in [-0.25, -0.2) is 0 Å². The van der Waals surface area contributed by atoms with Crippen LogP contribution in [0.15, 0.2) is 54.6 Å². The van der Waals surface area contributed by atoms with Gasteiger partial charge in [0, 0.05) is 7.11 Å². The molecule has 1 aliphatic heterocycles. The van der Waals surface area contributed by atoms with Crippen molar-refractivity contribution in [1.82, 2.24) is 0 Å². The molecule has 3 rings (SSSR count). The lowest BCUT2D eigenvalue weighted by atomic mass is 10.00. The van der Waals surface area contributed by atoms with E-state index in [-0.39, 0.29) is 29.9 Å². The minimum Gasteiger partial charge on any atom is -0.497 e. The molecule has 0 bridgehead atoms. The van der Waals surface area contributed by atoms with Crippen molar-refractivity contribution in [3.63, 3.8) is 0 Å². The summed E-state index contributed by atoms with van der Waals surface area (Å²) < 4.78 is 30.1. The Bertz CT molecular complexity index is 739. The van der Waals surface area contributed by atoms with Gasteiger partial charge < -0.3 is 23.7 Å².